The van der Waals surface area contributed by atoms with Crippen molar-refractivity contribution in [2.45, 2.75) is 82.7 Å². The number of ether oxygens (including phenoxy) is 3. The summed E-state index contributed by atoms with van der Waals surface area (Å²) < 4.78 is 17.1. The molecule has 5 fully saturated rings. The smallest absolute Gasteiger partial charge is 0.336 e. The van der Waals surface area contributed by atoms with Gasteiger partial charge < -0.3 is 19.3 Å². The summed E-state index contributed by atoms with van der Waals surface area (Å²) in [6.07, 6.45) is 4.87. The van der Waals surface area contributed by atoms with Gasteiger partial charge in [0.2, 0.25) is 0 Å². The molecule has 0 aromatic heterocycles. The SMILES string of the molecule is C=C1C(=O)OC2CC3(COC(C)=O)CCC4(C)CC5OC5(C)CCC4C3C12O. The second-order valence-electron chi connectivity index (χ2n) is 10.4. The number of hydrogen-bond donors (Lipinski definition) is 1. The van der Waals surface area contributed by atoms with Crippen LogP contribution in [-0.2, 0) is 23.8 Å². The molecule has 5 rings (SSSR count). The van der Waals surface area contributed by atoms with Crippen LogP contribution < -0.4 is 0 Å². The van der Waals surface area contributed by atoms with Crippen molar-refractivity contribution in [3.05, 3.63) is 12.2 Å². The highest BCUT2D eigenvalue weighted by Gasteiger charge is 2.74. The van der Waals surface area contributed by atoms with E-state index in [1.54, 1.807) is 0 Å². The molecule has 2 aliphatic heterocycles. The summed E-state index contributed by atoms with van der Waals surface area (Å²) in [4.78, 5) is 23.9. The first-order chi connectivity index (χ1) is 13.0. The molecule has 0 radical (unpaired) electrons. The summed E-state index contributed by atoms with van der Waals surface area (Å²) in [7, 11) is 0. The molecule has 6 nitrogen and oxygen atoms in total. The van der Waals surface area contributed by atoms with Crippen LogP contribution in [0.5, 0.6) is 0 Å². The molecule has 0 amide bonds. The molecular formula is C22H30O6. The normalized spacial score (nSPS) is 54.0. The number of esters is 2. The van der Waals surface area contributed by atoms with Crippen LogP contribution in [0.1, 0.15) is 59.3 Å². The zero-order valence-electron chi connectivity index (χ0n) is 17.0. The van der Waals surface area contributed by atoms with Crippen molar-refractivity contribution in [2.75, 3.05) is 6.61 Å². The highest BCUT2D eigenvalue weighted by molar-refractivity contribution is 5.93. The number of hydrogen-bond acceptors (Lipinski definition) is 6. The van der Waals surface area contributed by atoms with Crippen molar-refractivity contribution in [3.63, 3.8) is 0 Å². The van der Waals surface area contributed by atoms with Gasteiger partial charge in [-0.3, -0.25) is 4.79 Å². The Morgan fingerprint density at radius 2 is 2.00 bits per heavy atom. The summed E-state index contributed by atoms with van der Waals surface area (Å²) in [5.74, 6) is -0.814. The molecule has 0 spiro atoms. The van der Waals surface area contributed by atoms with E-state index >= 15 is 0 Å². The minimum absolute atomic E-state index is 0.0137. The molecule has 28 heavy (non-hydrogen) atoms. The predicted octanol–water partition coefficient (Wildman–Crippen LogP) is 2.53. The summed E-state index contributed by atoms with van der Waals surface area (Å²) >= 11 is 0. The molecule has 3 aliphatic carbocycles. The summed E-state index contributed by atoms with van der Waals surface area (Å²) in [6, 6.07) is 0. The largest absolute Gasteiger partial charge is 0.465 e. The standard InChI is InChI=1S/C22H30O6/c1-12-18(24)27-16-10-21(11-26-13(2)23)8-7-19(3)9-15-20(4,28-15)6-5-14(19)17(21)22(12,16)25/h14-17,25H,1,5-11H2,2-4H3. The Balaban J connectivity index is 1.58. The Morgan fingerprint density at radius 3 is 2.71 bits per heavy atom. The monoisotopic (exact) mass is 390 g/mol. The fraction of sp³-hybridized carbons (Fsp3) is 0.818. The average molecular weight is 390 g/mol. The first-order valence-electron chi connectivity index (χ1n) is 10.5. The molecule has 5 aliphatic rings. The molecule has 2 saturated heterocycles. The number of aliphatic hydroxyl groups is 1. The predicted molar refractivity (Wildman–Crippen MR) is 99.1 cm³/mol. The second kappa shape index (κ2) is 5.39. The highest BCUT2D eigenvalue weighted by atomic mass is 16.6. The van der Waals surface area contributed by atoms with Crippen LogP contribution in [0.4, 0.5) is 0 Å². The first kappa shape index (κ1) is 18.6. The van der Waals surface area contributed by atoms with Gasteiger partial charge in [-0.2, -0.15) is 0 Å². The molecule has 2 heterocycles. The van der Waals surface area contributed by atoms with E-state index in [0.717, 1.165) is 32.1 Å². The lowest BCUT2D eigenvalue weighted by Crippen LogP contribution is -2.56. The summed E-state index contributed by atoms with van der Waals surface area (Å²) in [5.41, 5.74) is -1.62. The Morgan fingerprint density at radius 1 is 1.25 bits per heavy atom. The minimum Gasteiger partial charge on any atom is -0.465 e. The molecule has 0 aromatic carbocycles. The maximum Gasteiger partial charge on any atom is 0.336 e. The quantitative estimate of drug-likeness (QED) is 0.443. The van der Waals surface area contributed by atoms with Crippen LogP contribution in [0.25, 0.3) is 0 Å². The lowest BCUT2D eigenvalue weighted by atomic mass is 9.50. The van der Waals surface area contributed by atoms with E-state index in [1.807, 2.05) is 0 Å². The van der Waals surface area contributed by atoms with Gasteiger partial charge in [0.25, 0.3) is 0 Å². The molecule has 3 saturated carbocycles. The first-order valence-corrected chi connectivity index (χ1v) is 10.5. The van der Waals surface area contributed by atoms with Crippen molar-refractivity contribution in [2.24, 2.45) is 22.7 Å². The van der Waals surface area contributed by atoms with Crippen LogP contribution >= 0.6 is 0 Å². The molecule has 1 N–H and O–H groups in total. The van der Waals surface area contributed by atoms with E-state index in [-0.39, 0.29) is 52.5 Å². The zero-order valence-corrected chi connectivity index (χ0v) is 17.0. The number of rotatable bonds is 2. The van der Waals surface area contributed by atoms with E-state index in [2.05, 4.69) is 20.4 Å². The van der Waals surface area contributed by atoms with Crippen molar-refractivity contribution < 1.29 is 28.9 Å². The van der Waals surface area contributed by atoms with Crippen LogP contribution in [0.15, 0.2) is 12.2 Å². The van der Waals surface area contributed by atoms with Crippen LogP contribution in [0.2, 0.25) is 0 Å². The van der Waals surface area contributed by atoms with Crippen LogP contribution in [0, 0.1) is 22.7 Å². The molecular weight excluding hydrogens is 360 g/mol. The van der Waals surface area contributed by atoms with E-state index in [0.29, 0.717) is 6.42 Å². The van der Waals surface area contributed by atoms with Gasteiger partial charge in [-0.1, -0.05) is 13.5 Å². The second-order valence-corrected chi connectivity index (χ2v) is 10.4. The van der Waals surface area contributed by atoms with Crippen LogP contribution in [-0.4, -0.2) is 47.1 Å². The Labute approximate surface area is 165 Å². The van der Waals surface area contributed by atoms with Gasteiger partial charge in [0, 0.05) is 18.3 Å². The molecule has 8 atom stereocenters. The van der Waals surface area contributed by atoms with Gasteiger partial charge in [0.1, 0.15) is 11.7 Å². The van der Waals surface area contributed by atoms with Crippen molar-refractivity contribution in [3.8, 4) is 0 Å². The van der Waals surface area contributed by atoms with Crippen molar-refractivity contribution in [1.29, 1.82) is 0 Å². The third kappa shape index (κ3) is 2.22. The highest BCUT2D eigenvalue weighted by Crippen LogP contribution is 2.70. The third-order valence-electron chi connectivity index (χ3n) is 8.89. The van der Waals surface area contributed by atoms with E-state index < -0.39 is 17.7 Å². The molecule has 0 aromatic rings. The summed E-state index contributed by atoms with van der Waals surface area (Å²) in [6.45, 7) is 10.1. The topological polar surface area (TPSA) is 85.4 Å². The Kier molecular flexibility index (Phi) is 3.59. The van der Waals surface area contributed by atoms with Crippen molar-refractivity contribution >= 4 is 11.9 Å². The lowest BCUT2D eigenvalue weighted by Gasteiger charge is -2.55. The van der Waals surface area contributed by atoms with E-state index in [4.69, 9.17) is 14.2 Å². The van der Waals surface area contributed by atoms with Gasteiger partial charge in [0.05, 0.1) is 23.9 Å². The fourth-order valence-electron chi connectivity index (χ4n) is 7.18. The average Bonchev–Trinajstić information content (AvgIpc) is 3.13. The molecule has 8 unspecified atom stereocenters. The molecule has 6 heteroatoms. The third-order valence-corrected chi connectivity index (χ3v) is 8.89. The molecule has 0 bridgehead atoms. The van der Waals surface area contributed by atoms with Crippen molar-refractivity contribution in [1.82, 2.24) is 0 Å². The maximum absolute atomic E-state index is 12.3. The fourth-order valence-corrected chi connectivity index (χ4v) is 7.18. The minimum atomic E-state index is -1.38. The van der Waals surface area contributed by atoms with E-state index in [9.17, 15) is 14.7 Å². The Bertz CT molecular complexity index is 777. The Hall–Kier alpha value is -1.40. The van der Waals surface area contributed by atoms with Gasteiger partial charge in [-0.15, -0.1) is 0 Å². The number of fused-ring (bicyclic) bond motifs is 6. The van der Waals surface area contributed by atoms with Crippen LogP contribution in [0.3, 0.4) is 0 Å². The van der Waals surface area contributed by atoms with Gasteiger partial charge in [-0.25, -0.2) is 4.79 Å². The maximum atomic E-state index is 12.3. The zero-order chi connectivity index (χ0) is 20.1. The number of epoxide rings is 1. The van der Waals surface area contributed by atoms with Gasteiger partial charge in [-0.05, 0) is 56.8 Å². The molecule has 154 valence electrons. The summed E-state index contributed by atoms with van der Waals surface area (Å²) in [5, 5.41) is 11.9. The number of carbonyl (C=O) groups excluding carboxylic acids is 2. The number of carbonyl (C=O) groups is 2. The lowest BCUT2D eigenvalue weighted by molar-refractivity contribution is -0.158. The van der Waals surface area contributed by atoms with E-state index in [1.165, 1.54) is 6.92 Å². The van der Waals surface area contributed by atoms with Gasteiger partial charge >= 0.3 is 11.9 Å². The van der Waals surface area contributed by atoms with Gasteiger partial charge in [0.15, 0.2) is 0 Å².